The monoisotopic (exact) mass is 369 g/mol. The van der Waals surface area contributed by atoms with Crippen molar-refractivity contribution in [2.75, 3.05) is 29.9 Å². The summed E-state index contributed by atoms with van der Waals surface area (Å²) in [5.41, 5.74) is 0.716. The first-order chi connectivity index (χ1) is 11.8. The molecule has 0 radical (unpaired) electrons. The van der Waals surface area contributed by atoms with E-state index in [1.165, 1.54) is 19.2 Å². The van der Waals surface area contributed by atoms with Crippen LogP contribution in [-0.4, -0.2) is 40.1 Å². The Bertz CT molecular complexity index is 742. The van der Waals surface area contributed by atoms with Gasteiger partial charge in [0, 0.05) is 17.7 Å². The summed E-state index contributed by atoms with van der Waals surface area (Å²) >= 11 is 0. The van der Waals surface area contributed by atoms with Crippen molar-refractivity contribution in [3.8, 4) is 5.75 Å². The van der Waals surface area contributed by atoms with Gasteiger partial charge < -0.3 is 15.4 Å². The fourth-order valence-electron chi connectivity index (χ4n) is 2.76. The maximum Gasteiger partial charge on any atom is 0.243 e. The SMILES string of the molecule is COc1cc(NC(=O)CNC(=O)C2CCCC2)ccc1NS(C)(=O)=O. The minimum atomic E-state index is -3.44. The molecule has 1 saturated carbocycles. The summed E-state index contributed by atoms with van der Waals surface area (Å²) in [4.78, 5) is 23.9. The molecular formula is C16H23N3O5S. The van der Waals surface area contributed by atoms with Gasteiger partial charge in [-0.3, -0.25) is 14.3 Å². The average Bonchev–Trinajstić information content (AvgIpc) is 3.07. The summed E-state index contributed by atoms with van der Waals surface area (Å²) in [6, 6.07) is 4.55. The van der Waals surface area contributed by atoms with Gasteiger partial charge in [-0.25, -0.2) is 8.42 Å². The number of ether oxygens (including phenoxy) is 1. The van der Waals surface area contributed by atoms with Gasteiger partial charge in [-0.15, -0.1) is 0 Å². The summed E-state index contributed by atoms with van der Waals surface area (Å²) in [7, 11) is -2.04. The largest absolute Gasteiger partial charge is 0.494 e. The lowest BCUT2D eigenvalue weighted by atomic mass is 10.1. The van der Waals surface area contributed by atoms with Gasteiger partial charge in [-0.05, 0) is 25.0 Å². The van der Waals surface area contributed by atoms with Crippen molar-refractivity contribution in [1.29, 1.82) is 0 Å². The third kappa shape index (κ3) is 5.93. The van der Waals surface area contributed by atoms with Crippen LogP contribution in [0.1, 0.15) is 25.7 Å². The molecule has 1 aromatic carbocycles. The Kier molecular flexibility index (Phi) is 6.24. The molecule has 0 aromatic heterocycles. The summed E-state index contributed by atoms with van der Waals surface area (Å²) in [5.74, 6) is -0.164. The second-order valence-corrected chi connectivity index (χ2v) is 7.79. The maximum atomic E-state index is 12.0. The van der Waals surface area contributed by atoms with Crippen molar-refractivity contribution in [2.45, 2.75) is 25.7 Å². The molecule has 0 atom stereocenters. The average molecular weight is 369 g/mol. The Morgan fingerprint density at radius 3 is 2.52 bits per heavy atom. The Morgan fingerprint density at radius 2 is 1.92 bits per heavy atom. The Labute approximate surface area is 147 Å². The highest BCUT2D eigenvalue weighted by molar-refractivity contribution is 7.92. The molecule has 9 heteroatoms. The van der Waals surface area contributed by atoms with Gasteiger partial charge in [0.15, 0.2) is 0 Å². The lowest BCUT2D eigenvalue weighted by Gasteiger charge is -2.13. The van der Waals surface area contributed by atoms with Crippen LogP contribution in [0.15, 0.2) is 18.2 Å². The highest BCUT2D eigenvalue weighted by Crippen LogP contribution is 2.28. The normalized spacial score (nSPS) is 14.8. The van der Waals surface area contributed by atoms with E-state index in [0.29, 0.717) is 5.69 Å². The van der Waals surface area contributed by atoms with Crippen molar-refractivity contribution >= 4 is 33.2 Å². The molecule has 25 heavy (non-hydrogen) atoms. The molecule has 8 nitrogen and oxygen atoms in total. The molecule has 0 bridgehead atoms. The maximum absolute atomic E-state index is 12.0. The Morgan fingerprint density at radius 1 is 1.24 bits per heavy atom. The molecule has 1 aliphatic rings. The zero-order valence-corrected chi connectivity index (χ0v) is 15.1. The summed E-state index contributed by atoms with van der Waals surface area (Å²) in [6.45, 7) is -0.110. The lowest BCUT2D eigenvalue weighted by molar-refractivity contribution is -0.127. The van der Waals surface area contributed by atoms with E-state index in [-0.39, 0.29) is 35.7 Å². The van der Waals surface area contributed by atoms with E-state index in [0.717, 1.165) is 31.9 Å². The number of anilines is 2. The predicted molar refractivity (Wildman–Crippen MR) is 95.1 cm³/mol. The van der Waals surface area contributed by atoms with Crippen LogP contribution in [-0.2, 0) is 19.6 Å². The third-order valence-corrected chi connectivity index (χ3v) is 4.52. The van der Waals surface area contributed by atoms with Gasteiger partial charge in [0.05, 0.1) is 25.6 Å². The van der Waals surface area contributed by atoms with Crippen LogP contribution >= 0.6 is 0 Å². The molecule has 2 rings (SSSR count). The number of nitrogens with one attached hydrogen (secondary N) is 3. The molecule has 0 saturated heterocycles. The summed E-state index contributed by atoms with van der Waals surface area (Å²) in [6.07, 6.45) is 4.89. The molecular weight excluding hydrogens is 346 g/mol. The molecule has 1 fully saturated rings. The van der Waals surface area contributed by atoms with Crippen molar-refractivity contribution in [3.05, 3.63) is 18.2 Å². The highest BCUT2D eigenvalue weighted by Gasteiger charge is 2.22. The Balaban J connectivity index is 1.92. The standard InChI is InChI=1S/C16H23N3O5S/c1-24-14-9-12(7-8-13(14)19-25(2,22)23)18-15(20)10-17-16(21)11-5-3-4-6-11/h7-9,11,19H,3-6,10H2,1-2H3,(H,17,21)(H,18,20). The van der Waals surface area contributed by atoms with E-state index < -0.39 is 10.0 Å². The molecule has 0 aliphatic heterocycles. The number of hydrogen-bond donors (Lipinski definition) is 3. The first-order valence-electron chi connectivity index (χ1n) is 8.02. The smallest absolute Gasteiger partial charge is 0.243 e. The zero-order valence-electron chi connectivity index (χ0n) is 14.3. The van der Waals surface area contributed by atoms with Crippen molar-refractivity contribution in [3.63, 3.8) is 0 Å². The number of amides is 2. The van der Waals surface area contributed by atoms with E-state index in [9.17, 15) is 18.0 Å². The molecule has 1 aromatic rings. The lowest BCUT2D eigenvalue weighted by Crippen LogP contribution is -2.36. The van der Waals surface area contributed by atoms with E-state index in [1.54, 1.807) is 6.07 Å². The molecule has 2 amide bonds. The van der Waals surface area contributed by atoms with E-state index in [4.69, 9.17) is 4.74 Å². The first kappa shape index (κ1) is 19.0. The first-order valence-corrected chi connectivity index (χ1v) is 9.91. The van der Waals surface area contributed by atoms with E-state index in [1.807, 2.05) is 0 Å². The fourth-order valence-corrected chi connectivity index (χ4v) is 3.33. The second kappa shape index (κ2) is 8.19. The number of sulfonamides is 1. The fraction of sp³-hybridized carbons (Fsp3) is 0.500. The van der Waals surface area contributed by atoms with Crippen LogP contribution in [0.3, 0.4) is 0 Å². The van der Waals surface area contributed by atoms with Gasteiger partial charge in [0.1, 0.15) is 5.75 Å². The number of carbonyl (C=O) groups excluding carboxylic acids is 2. The molecule has 138 valence electrons. The number of methoxy groups -OCH3 is 1. The molecule has 0 unspecified atom stereocenters. The van der Waals surface area contributed by atoms with Gasteiger partial charge in [0.25, 0.3) is 0 Å². The van der Waals surface area contributed by atoms with Crippen molar-refractivity contribution in [1.82, 2.24) is 5.32 Å². The number of rotatable bonds is 7. The second-order valence-electron chi connectivity index (χ2n) is 6.04. The van der Waals surface area contributed by atoms with Crippen LogP contribution in [0.4, 0.5) is 11.4 Å². The topological polar surface area (TPSA) is 114 Å². The van der Waals surface area contributed by atoms with Gasteiger partial charge in [0.2, 0.25) is 21.8 Å². The molecule has 0 spiro atoms. The minimum Gasteiger partial charge on any atom is -0.494 e. The van der Waals surface area contributed by atoms with Gasteiger partial charge >= 0.3 is 0 Å². The van der Waals surface area contributed by atoms with Gasteiger partial charge in [-0.1, -0.05) is 12.8 Å². The Hall–Kier alpha value is -2.29. The molecule has 0 heterocycles. The zero-order chi connectivity index (χ0) is 18.4. The van der Waals surface area contributed by atoms with E-state index in [2.05, 4.69) is 15.4 Å². The number of carbonyl (C=O) groups is 2. The summed E-state index contributed by atoms with van der Waals surface area (Å²) in [5, 5.41) is 5.28. The molecule has 1 aliphatic carbocycles. The van der Waals surface area contributed by atoms with Crippen molar-refractivity contribution < 1.29 is 22.7 Å². The van der Waals surface area contributed by atoms with E-state index >= 15 is 0 Å². The van der Waals surface area contributed by atoms with Crippen molar-refractivity contribution in [2.24, 2.45) is 5.92 Å². The number of benzene rings is 1. The summed E-state index contributed by atoms with van der Waals surface area (Å²) < 4.78 is 30.1. The van der Waals surface area contributed by atoms with Crippen LogP contribution in [0.2, 0.25) is 0 Å². The number of hydrogen-bond acceptors (Lipinski definition) is 5. The highest BCUT2D eigenvalue weighted by atomic mass is 32.2. The molecule has 3 N–H and O–H groups in total. The van der Waals surface area contributed by atoms with Crippen LogP contribution in [0.5, 0.6) is 5.75 Å². The van der Waals surface area contributed by atoms with Crippen LogP contribution < -0.4 is 20.1 Å². The predicted octanol–water partition coefficient (Wildman–Crippen LogP) is 1.31. The third-order valence-electron chi connectivity index (χ3n) is 3.93. The van der Waals surface area contributed by atoms with Crippen LogP contribution in [0, 0.1) is 5.92 Å². The van der Waals surface area contributed by atoms with Gasteiger partial charge in [-0.2, -0.15) is 0 Å². The minimum absolute atomic E-state index is 0.00856. The quantitative estimate of drug-likeness (QED) is 0.671. The van der Waals surface area contributed by atoms with Crippen LogP contribution in [0.25, 0.3) is 0 Å².